The van der Waals surface area contributed by atoms with Crippen molar-refractivity contribution >= 4 is 22.4 Å². The van der Waals surface area contributed by atoms with Gasteiger partial charge in [0.2, 0.25) is 0 Å². The number of fused-ring (bicyclic) bond motifs is 2. The monoisotopic (exact) mass is 359 g/mol. The van der Waals surface area contributed by atoms with Crippen LogP contribution in [-0.4, -0.2) is 50.7 Å². The normalized spacial score (nSPS) is 15.6. The summed E-state index contributed by atoms with van der Waals surface area (Å²) >= 11 is 0. The van der Waals surface area contributed by atoms with E-state index in [1.807, 2.05) is 36.7 Å². The van der Waals surface area contributed by atoms with Crippen molar-refractivity contribution < 1.29 is 0 Å². The van der Waals surface area contributed by atoms with Gasteiger partial charge in [-0.05, 0) is 12.1 Å². The number of anilines is 1. The van der Waals surface area contributed by atoms with Crippen molar-refractivity contribution in [2.45, 2.75) is 6.54 Å². The zero-order valence-corrected chi connectivity index (χ0v) is 15.0. The third kappa shape index (κ3) is 3.01. The topological polar surface area (TPSA) is 84.4 Å². The van der Waals surface area contributed by atoms with E-state index in [2.05, 4.69) is 32.4 Å². The maximum absolute atomic E-state index is 6.26. The fourth-order valence-electron chi connectivity index (χ4n) is 3.64. The summed E-state index contributed by atoms with van der Waals surface area (Å²) in [4.78, 5) is 11.8. The highest BCUT2D eigenvalue weighted by Gasteiger charge is 2.15. The average Bonchev–Trinajstić information content (AvgIpc) is 3.13. The highest BCUT2D eigenvalue weighted by Crippen LogP contribution is 2.27. The van der Waals surface area contributed by atoms with Crippen molar-refractivity contribution in [1.29, 1.82) is 0 Å². The van der Waals surface area contributed by atoms with E-state index >= 15 is 0 Å². The Morgan fingerprint density at radius 2 is 1.93 bits per heavy atom. The van der Waals surface area contributed by atoms with E-state index < -0.39 is 0 Å². The lowest BCUT2D eigenvalue weighted by molar-refractivity contribution is 0.231. The molecule has 0 saturated carbocycles. The number of nitrogens with one attached hydrogen (secondary N) is 1. The third-order valence-electron chi connectivity index (χ3n) is 5.05. The molecule has 0 aliphatic carbocycles. The van der Waals surface area contributed by atoms with Crippen LogP contribution in [-0.2, 0) is 6.54 Å². The zero-order chi connectivity index (χ0) is 18.2. The van der Waals surface area contributed by atoms with E-state index in [1.165, 1.54) is 0 Å². The van der Waals surface area contributed by atoms with Crippen LogP contribution in [0.15, 0.2) is 48.8 Å². The first-order valence-corrected chi connectivity index (χ1v) is 9.19. The van der Waals surface area contributed by atoms with E-state index in [9.17, 15) is 0 Å². The summed E-state index contributed by atoms with van der Waals surface area (Å²) in [5, 5.41) is 8.91. The summed E-state index contributed by atoms with van der Waals surface area (Å²) in [6, 6.07) is 12.1. The molecule has 7 nitrogen and oxygen atoms in total. The largest absolute Gasteiger partial charge is 0.384 e. The second kappa shape index (κ2) is 6.61. The summed E-state index contributed by atoms with van der Waals surface area (Å²) in [7, 11) is 0. The standard InChI is InChI=1S/C20H21N7/c21-19-10-16(13-26-7-5-22-6-8-26)25-20-17(12-24-27(19)20)15-9-14-3-1-2-4-18(14)23-11-15/h1-4,9-12,22H,5-8,13,21H2. The predicted octanol–water partition coefficient (Wildman–Crippen LogP) is 1.93. The van der Waals surface area contributed by atoms with Gasteiger partial charge >= 0.3 is 0 Å². The fraction of sp³-hybridized carbons (Fsp3) is 0.250. The maximum atomic E-state index is 6.26. The van der Waals surface area contributed by atoms with Crippen LogP contribution in [0.4, 0.5) is 5.82 Å². The second-order valence-corrected chi connectivity index (χ2v) is 6.91. The van der Waals surface area contributed by atoms with E-state index in [-0.39, 0.29) is 0 Å². The van der Waals surface area contributed by atoms with Crippen molar-refractivity contribution in [3.8, 4) is 11.1 Å². The Hall–Kier alpha value is -3.03. The molecular weight excluding hydrogens is 338 g/mol. The summed E-state index contributed by atoms with van der Waals surface area (Å²) in [6.07, 6.45) is 3.69. The molecule has 27 heavy (non-hydrogen) atoms. The van der Waals surface area contributed by atoms with Gasteiger partial charge in [-0.2, -0.15) is 9.61 Å². The number of hydrogen-bond acceptors (Lipinski definition) is 6. The lowest BCUT2D eigenvalue weighted by Gasteiger charge is -2.26. The Labute approximate surface area is 156 Å². The smallest absolute Gasteiger partial charge is 0.165 e. The van der Waals surface area contributed by atoms with E-state index in [0.29, 0.717) is 5.82 Å². The van der Waals surface area contributed by atoms with Crippen molar-refractivity contribution in [1.82, 2.24) is 29.8 Å². The molecule has 1 aliphatic heterocycles. The number of nitrogen functional groups attached to an aromatic ring is 1. The van der Waals surface area contributed by atoms with Gasteiger partial charge in [0.05, 0.1) is 17.4 Å². The molecule has 0 radical (unpaired) electrons. The first-order chi connectivity index (χ1) is 13.3. The lowest BCUT2D eigenvalue weighted by atomic mass is 10.1. The first-order valence-electron chi connectivity index (χ1n) is 9.19. The molecule has 4 aromatic rings. The van der Waals surface area contributed by atoms with Gasteiger partial charge in [0.15, 0.2) is 5.65 Å². The number of piperazine rings is 1. The van der Waals surface area contributed by atoms with Crippen LogP contribution < -0.4 is 11.1 Å². The molecule has 3 aromatic heterocycles. The zero-order valence-electron chi connectivity index (χ0n) is 15.0. The van der Waals surface area contributed by atoms with Gasteiger partial charge in [-0.1, -0.05) is 18.2 Å². The molecule has 0 unspecified atom stereocenters. The van der Waals surface area contributed by atoms with Gasteiger partial charge in [-0.15, -0.1) is 0 Å². The summed E-state index contributed by atoms with van der Waals surface area (Å²) < 4.78 is 1.70. The molecule has 1 fully saturated rings. The van der Waals surface area contributed by atoms with E-state index in [0.717, 1.165) is 66.1 Å². The van der Waals surface area contributed by atoms with Gasteiger partial charge in [-0.3, -0.25) is 9.88 Å². The van der Waals surface area contributed by atoms with Crippen LogP contribution in [0, 0.1) is 0 Å². The number of para-hydroxylation sites is 1. The fourth-order valence-corrected chi connectivity index (χ4v) is 3.64. The summed E-state index contributed by atoms with van der Waals surface area (Å²) in [5.74, 6) is 0.602. The van der Waals surface area contributed by atoms with Gasteiger partial charge < -0.3 is 11.1 Å². The molecule has 0 bridgehead atoms. The van der Waals surface area contributed by atoms with Crippen molar-refractivity contribution in [2.24, 2.45) is 0 Å². The molecule has 1 saturated heterocycles. The molecule has 0 spiro atoms. The minimum Gasteiger partial charge on any atom is -0.384 e. The van der Waals surface area contributed by atoms with Gasteiger partial charge in [-0.25, -0.2) is 4.98 Å². The molecule has 1 aromatic carbocycles. The Balaban J connectivity index is 1.57. The van der Waals surface area contributed by atoms with Crippen LogP contribution in [0.1, 0.15) is 5.69 Å². The minimum atomic E-state index is 0.602. The van der Waals surface area contributed by atoms with Crippen LogP contribution in [0.2, 0.25) is 0 Å². The number of benzene rings is 1. The molecule has 0 atom stereocenters. The SMILES string of the molecule is Nc1cc(CN2CCNCC2)nc2c(-c3cnc4ccccc4c3)cnn12. The highest BCUT2D eigenvalue weighted by atomic mass is 15.3. The molecule has 1 aliphatic rings. The summed E-state index contributed by atoms with van der Waals surface area (Å²) in [6.45, 7) is 4.86. The molecular formula is C20H21N7. The van der Waals surface area contributed by atoms with Crippen LogP contribution >= 0.6 is 0 Å². The average molecular weight is 359 g/mol. The number of aromatic nitrogens is 4. The first kappa shape index (κ1) is 16.2. The van der Waals surface area contributed by atoms with Gasteiger partial charge in [0.1, 0.15) is 5.82 Å². The van der Waals surface area contributed by atoms with E-state index in [1.54, 1.807) is 4.52 Å². The van der Waals surface area contributed by atoms with Crippen molar-refractivity contribution in [3.05, 3.63) is 54.5 Å². The Bertz CT molecular complexity index is 1110. The van der Waals surface area contributed by atoms with Crippen molar-refractivity contribution in [2.75, 3.05) is 31.9 Å². The Kier molecular flexibility index (Phi) is 3.95. The van der Waals surface area contributed by atoms with Crippen LogP contribution in [0.25, 0.3) is 27.7 Å². The summed E-state index contributed by atoms with van der Waals surface area (Å²) in [5.41, 5.74) is 10.9. The number of nitrogens with two attached hydrogens (primary N) is 1. The predicted molar refractivity (Wildman–Crippen MR) is 106 cm³/mol. The molecule has 7 heteroatoms. The Morgan fingerprint density at radius 1 is 1.07 bits per heavy atom. The lowest BCUT2D eigenvalue weighted by Crippen LogP contribution is -2.43. The number of rotatable bonds is 3. The van der Waals surface area contributed by atoms with Crippen molar-refractivity contribution in [3.63, 3.8) is 0 Å². The molecule has 4 heterocycles. The molecule has 5 rings (SSSR count). The van der Waals surface area contributed by atoms with Gasteiger partial charge in [0.25, 0.3) is 0 Å². The quantitative estimate of drug-likeness (QED) is 0.581. The second-order valence-electron chi connectivity index (χ2n) is 6.91. The number of hydrogen-bond donors (Lipinski definition) is 2. The number of nitrogens with zero attached hydrogens (tertiary/aromatic N) is 5. The third-order valence-corrected chi connectivity index (χ3v) is 5.05. The van der Waals surface area contributed by atoms with Crippen LogP contribution in [0.3, 0.4) is 0 Å². The molecule has 0 amide bonds. The van der Waals surface area contributed by atoms with Gasteiger partial charge in [0, 0.05) is 61.5 Å². The molecule has 3 N–H and O–H groups in total. The van der Waals surface area contributed by atoms with E-state index in [4.69, 9.17) is 10.7 Å². The Morgan fingerprint density at radius 3 is 2.81 bits per heavy atom. The van der Waals surface area contributed by atoms with Crippen LogP contribution in [0.5, 0.6) is 0 Å². The number of pyridine rings is 1. The molecule has 136 valence electrons. The maximum Gasteiger partial charge on any atom is 0.165 e. The minimum absolute atomic E-state index is 0.602. The highest BCUT2D eigenvalue weighted by molar-refractivity contribution is 5.86.